The molecule has 1 aliphatic rings. The van der Waals surface area contributed by atoms with Crippen molar-refractivity contribution in [3.63, 3.8) is 0 Å². The van der Waals surface area contributed by atoms with Crippen molar-refractivity contribution in [1.29, 1.82) is 0 Å². The van der Waals surface area contributed by atoms with Gasteiger partial charge in [-0.05, 0) is 42.9 Å². The second-order valence-electron chi connectivity index (χ2n) is 5.90. The fourth-order valence-electron chi connectivity index (χ4n) is 2.73. The van der Waals surface area contributed by atoms with Crippen molar-refractivity contribution in [3.8, 4) is 0 Å². The molecule has 22 heavy (non-hydrogen) atoms. The molecule has 0 unspecified atom stereocenters. The van der Waals surface area contributed by atoms with Crippen LogP contribution in [-0.4, -0.2) is 11.9 Å². The highest BCUT2D eigenvalue weighted by Crippen LogP contribution is 2.27. The summed E-state index contributed by atoms with van der Waals surface area (Å²) < 4.78 is 0. The van der Waals surface area contributed by atoms with Gasteiger partial charge in [0.2, 0.25) is 5.91 Å². The van der Waals surface area contributed by atoms with Gasteiger partial charge in [-0.15, -0.1) is 0 Å². The third-order valence-electron chi connectivity index (χ3n) is 4.43. The molecule has 1 aliphatic carbocycles. The van der Waals surface area contributed by atoms with Crippen molar-refractivity contribution < 1.29 is 14.7 Å². The van der Waals surface area contributed by atoms with E-state index in [4.69, 9.17) is 0 Å². The van der Waals surface area contributed by atoms with Gasteiger partial charge in [0.1, 0.15) is 0 Å². The number of carboxylic acids is 1. The predicted octanol–water partition coefficient (Wildman–Crippen LogP) is 2.47. The number of amides is 1. The Morgan fingerprint density at radius 2 is 1.77 bits per heavy atom. The van der Waals surface area contributed by atoms with E-state index < -0.39 is 17.8 Å². The summed E-state index contributed by atoms with van der Waals surface area (Å²) in [7, 11) is 0. The Balaban J connectivity index is 2.05. The van der Waals surface area contributed by atoms with E-state index in [0.717, 1.165) is 6.42 Å². The lowest BCUT2D eigenvalue weighted by atomic mass is 9.82. The van der Waals surface area contributed by atoms with Crippen LogP contribution in [0.2, 0.25) is 0 Å². The maximum atomic E-state index is 12.3. The van der Waals surface area contributed by atoms with Gasteiger partial charge >= 0.3 is 0 Å². The van der Waals surface area contributed by atoms with Crippen LogP contribution < -0.4 is 10.4 Å². The number of hydrogen-bond acceptors (Lipinski definition) is 3. The number of benzene rings is 1. The molecule has 1 aromatic rings. The molecule has 1 aromatic carbocycles. The van der Waals surface area contributed by atoms with Gasteiger partial charge in [0.15, 0.2) is 0 Å². The smallest absolute Gasteiger partial charge is 0.228 e. The fourth-order valence-corrected chi connectivity index (χ4v) is 2.73. The second-order valence-corrected chi connectivity index (χ2v) is 5.90. The monoisotopic (exact) mass is 300 g/mol. The van der Waals surface area contributed by atoms with Gasteiger partial charge in [-0.1, -0.05) is 38.1 Å². The minimum atomic E-state index is -1.16. The van der Waals surface area contributed by atoms with E-state index in [0.29, 0.717) is 24.4 Å². The first kappa shape index (κ1) is 16.3. The molecule has 0 saturated carbocycles. The number of carbonyl (C=O) groups is 2. The Morgan fingerprint density at radius 1 is 1.18 bits per heavy atom. The van der Waals surface area contributed by atoms with Gasteiger partial charge < -0.3 is 15.2 Å². The van der Waals surface area contributed by atoms with E-state index >= 15 is 0 Å². The Bertz CT molecular complexity index is 562. The molecule has 0 aliphatic heterocycles. The minimum Gasteiger partial charge on any atom is -0.550 e. The highest BCUT2D eigenvalue weighted by Gasteiger charge is 2.29. The molecular weight excluding hydrogens is 278 g/mol. The van der Waals surface area contributed by atoms with E-state index in [9.17, 15) is 14.7 Å². The second kappa shape index (κ2) is 7.25. The maximum Gasteiger partial charge on any atom is 0.228 e. The van der Waals surface area contributed by atoms with Gasteiger partial charge in [-0.25, -0.2) is 0 Å². The van der Waals surface area contributed by atoms with E-state index in [1.807, 2.05) is 30.3 Å². The summed E-state index contributed by atoms with van der Waals surface area (Å²) in [6.07, 6.45) is 5.51. The van der Waals surface area contributed by atoms with Crippen LogP contribution in [0.4, 0.5) is 5.69 Å². The average molecular weight is 300 g/mol. The lowest BCUT2D eigenvalue weighted by Crippen LogP contribution is -2.41. The molecule has 0 spiro atoms. The van der Waals surface area contributed by atoms with E-state index in [1.54, 1.807) is 6.08 Å². The van der Waals surface area contributed by atoms with Crippen molar-refractivity contribution in [2.45, 2.75) is 39.0 Å². The van der Waals surface area contributed by atoms with Crippen LogP contribution in [0.1, 0.15) is 44.6 Å². The predicted molar refractivity (Wildman–Crippen MR) is 84.1 cm³/mol. The summed E-state index contributed by atoms with van der Waals surface area (Å²) in [5.74, 6) is -2.24. The minimum absolute atomic E-state index is 0.255. The van der Waals surface area contributed by atoms with Gasteiger partial charge in [0, 0.05) is 17.6 Å². The third kappa shape index (κ3) is 3.75. The molecule has 0 fully saturated rings. The van der Waals surface area contributed by atoms with Crippen LogP contribution >= 0.6 is 0 Å². The topological polar surface area (TPSA) is 69.2 Å². The van der Waals surface area contributed by atoms with Crippen molar-refractivity contribution in [1.82, 2.24) is 0 Å². The molecule has 4 heteroatoms. The van der Waals surface area contributed by atoms with E-state index in [-0.39, 0.29) is 5.91 Å². The Hall–Kier alpha value is -2.10. The lowest BCUT2D eigenvalue weighted by Gasteiger charge is -2.28. The number of nitrogens with one attached hydrogen (secondary N) is 1. The first-order valence-electron chi connectivity index (χ1n) is 7.79. The summed E-state index contributed by atoms with van der Waals surface area (Å²) in [5, 5.41) is 14.0. The highest BCUT2D eigenvalue weighted by atomic mass is 16.4. The quantitative estimate of drug-likeness (QED) is 0.849. The maximum absolute atomic E-state index is 12.3. The van der Waals surface area contributed by atoms with Crippen molar-refractivity contribution in [2.24, 2.45) is 11.8 Å². The van der Waals surface area contributed by atoms with Gasteiger partial charge in [-0.3, -0.25) is 4.79 Å². The van der Waals surface area contributed by atoms with Crippen molar-refractivity contribution in [2.75, 3.05) is 5.32 Å². The summed E-state index contributed by atoms with van der Waals surface area (Å²) >= 11 is 0. The first-order valence-corrected chi connectivity index (χ1v) is 7.79. The van der Waals surface area contributed by atoms with Gasteiger partial charge in [0.25, 0.3) is 0 Å². The molecule has 3 atom stereocenters. The molecule has 0 bridgehead atoms. The molecule has 0 saturated heterocycles. The van der Waals surface area contributed by atoms with Crippen molar-refractivity contribution >= 4 is 17.6 Å². The fraction of sp³-hybridized carbons (Fsp3) is 0.444. The molecular formula is C18H22NO3-. The molecule has 1 N–H and O–H groups in total. The van der Waals surface area contributed by atoms with Gasteiger partial charge in [-0.2, -0.15) is 0 Å². The summed E-state index contributed by atoms with van der Waals surface area (Å²) in [4.78, 5) is 23.5. The largest absolute Gasteiger partial charge is 0.550 e. The Morgan fingerprint density at radius 3 is 2.32 bits per heavy atom. The molecule has 0 aromatic heterocycles. The third-order valence-corrected chi connectivity index (χ3v) is 4.43. The number of carboxylic acid groups (broad SMARTS) is 1. The lowest BCUT2D eigenvalue weighted by molar-refractivity contribution is -0.313. The number of hydrogen-bond donors (Lipinski definition) is 1. The molecule has 0 heterocycles. The highest BCUT2D eigenvalue weighted by molar-refractivity contribution is 5.95. The van der Waals surface area contributed by atoms with Crippen LogP contribution in [0.3, 0.4) is 0 Å². The number of aliphatic carboxylic acids is 1. The molecule has 4 nitrogen and oxygen atoms in total. The Kier molecular flexibility index (Phi) is 5.36. The molecule has 118 valence electrons. The molecule has 1 amide bonds. The van der Waals surface area contributed by atoms with Crippen LogP contribution in [0.25, 0.3) is 0 Å². The number of anilines is 1. The first-order chi connectivity index (χ1) is 10.5. The van der Waals surface area contributed by atoms with E-state index in [2.05, 4.69) is 19.2 Å². The van der Waals surface area contributed by atoms with Crippen LogP contribution in [0.5, 0.6) is 0 Å². The zero-order valence-electron chi connectivity index (χ0n) is 13.0. The Labute approximate surface area is 131 Å². The van der Waals surface area contributed by atoms with Crippen LogP contribution in [0, 0.1) is 11.8 Å². The summed E-state index contributed by atoms with van der Waals surface area (Å²) in [5.41, 5.74) is 1.93. The zero-order valence-corrected chi connectivity index (χ0v) is 13.0. The van der Waals surface area contributed by atoms with Gasteiger partial charge in [0.05, 0.1) is 5.92 Å². The SMILES string of the molecule is CC[C@@H](C)c1ccc(NC(=O)[C@H]2CC=CC[C@@H]2C(=O)[O-])cc1. The number of rotatable bonds is 5. The number of carbonyl (C=O) groups excluding carboxylic acids is 2. The molecule has 2 rings (SSSR count). The van der Waals surface area contributed by atoms with Crippen LogP contribution in [0.15, 0.2) is 36.4 Å². The normalized spacial score (nSPS) is 22.1. The van der Waals surface area contributed by atoms with Crippen molar-refractivity contribution in [3.05, 3.63) is 42.0 Å². The summed E-state index contributed by atoms with van der Waals surface area (Å²) in [6.45, 7) is 4.30. The summed E-state index contributed by atoms with van der Waals surface area (Å²) in [6, 6.07) is 7.74. The standard InChI is InChI=1S/C18H23NO3/c1-3-12(2)13-8-10-14(11-9-13)19-17(20)15-6-4-5-7-16(15)18(21)22/h4-5,8-12,15-16H,3,6-7H2,1-2H3,(H,19,20)(H,21,22)/p-1/t12-,15+,16+/m1/s1. The number of allylic oxidation sites excluding steroid dienone is 2. The van der Waals surface area contributed by atoms with E-state index in [1.165, 1.54) is 5.56 Å². The van der Waals surface area contributed by atoms with Crippen LogP contribution in [-0.2, 0) is 9.59 Å². The average Bonchev–Trinajstić information content (AvgIpc) is 2.54. The zero-order chi connectivity index (χ0) is 16.1. The molecule has 0 radical (unpaired) electrons.